The third kappa shape index (κ3) is 4.41. The molecular weight excluding hydrogens is 298 g/mol. The monoisotopic (exact) mass is 325 g/mol. The highest BCUT2D eigenvalue weighted by atomic mass is 32.2. The molecule has 6 heteroatoms. The summed E-state index contributed by atoms with van der Waals surface area (Å²) in [6.45, 7) is 6.52. The molecular formula is C16H27N3O2S. The second kappa shape index (κ2) is 7.90. The maximum absolute atomic E-state index is 12.4. The van der Waals surface area contributed by atoms with Crippen molar-refractivity contribution in [3.63, 3.8) is 0 Å². The molecule has 1 aromatic rings. The fraction of sp³-hybridized carbons (Fsp3) is 0.750. The molecule has 22 heavy (non-hydrogen) atoms. The molecule has 1 aliphatic rings. The number of aryl methyl sites for hydroxylation is 2. The van der Waals surface area contributed by atoms with Gasteiger partial charge in [0.15, 0.2) is 0 Å². The van der Waals surface area contributed by atoms with E-state index in [4.69, 9.17) is 4.52 Å². The number of carbonyl (C=O) groups is 1. The largest absolute Gasteiger partial charge is 0.361 e. The number of rotatable bonds is 5. The molecule has 2 atom stereocenters. The molecule has 0 radical (unpaired) electrons. The number of urea groups is 1. The van der Waals surface area contributed by atoms with Crippen molar-refractivity contribution in [2.75, 3.05) is 12.8 Å². The Kier molecular flexibility index (Phi) is 6.17. The van der Waals surface area contributed by atoms with Gasteiger partial charge in [0.2, 0.25) is 0 Å². The first-order chi connectivity index (χ1) is 10.5. The van der Waals surface area contributed by atoms with Gasteiger partial charge in [-0.05, 0) is 38.9 Å². The smallest absolute Gasteiger partial charge is 0.317 e. The molecule has 1 saturated carbocycles. The van der Waals surface area contributed by atoms with Crippen LogP contribution in [0.25, 0.3) is 0 Å². The van der Waals surface area contributed by atoms with E-state index in [1.807, 2.05) is 32.7 Å². The van der Waals surface area contributed by atoms with E-state index in [0.717, 1.165) is 35.6 Å². The fourth-order valence-corrected chi connectivity index (χ4v) is 4.16. The van der Waals surface area contributed by atoms with Crippen LogP contribution in [0.15, 0.2) is 4.52 Å². The van der Waals surface area contributed by atoms with Gasteiger partial charge in [0.25, 0.3) is 0 Å². The summed E-state index contributed by atoms with van der Waals surface area (Å²) in [5, 5.41) is 7.81. The van der Waals surface area contributed by atoms with Crippen LogP contribution in [0.4, 0.5) is 4.79 Å². The molecule has 1 aliphatic carbocycles. The van der Waals surface area contributed by atoms with E-state index >= 15 is 0 Å². The normalized spacial score (nSPS) is 21.6. The van der Waals surface area contributed by atoms with Crippen LogP contribution in [-0.2, 0) is 6.54 Å². The molecule has 2 amide bonds. The minimum Gasteiger partial charge on any atom is -0.361 e. The third-order valence-electron chi connectivity index (χ3n) is 4.28. The third-order valence-corrected chi connectivity index (χ3v) is 5.51. The first-order valence-corrected chi connectivity index (χ1v) is 9.11. The fourth-order valence-electron chi connectivity index (χ4n) is 2.98. The lowest BCUT2D eigenvalue weighted by atomic mass is 9.95. The highest BCUT2D eigenvalue weighted by molar-refractivity contribution is 7.99. The van der Waals surface area contributed by atoms with Gasteiger partial charge in [-0.2, -0.15) is 11.8 Å². The van der Waals surface area contributed by atoms with Crippen molar-refractivity contribution in [3.8, 4) is 0 Å². The summed E-state index contributed by atoms with van der Waals surface area (Å²) in [7, 11) is 1.82. The van der Waals surface area contributed by atoms with Gasteiger partial charge in [-0.25, -0.2) is 4.79 Å². The molecule has 2 rings (SSSR count). The van der Waals surface area contributed by atoms with Gasteiger partial charge >= 0.3 is 6.03 Å². The number of nitrogens with zero attached hydrogens (tertiary/aromatic N) is 2. The van der Waals surface area contributed by atoms with E-state index in [1.165, 1.54) is 12.8 Å². The molecule has 0 aliphatic heterocycles. The lowest BCUT2D eigenvalue weighted by molar-refractivity contribution is 0.198. The van der Waals surface area contributed by atoms with Crippen molar-refractivity contribution in [3.05, 3.63) is 17.0 Å². The topological polar surface area (TPSA) is 58.4 Å². The SMILES string of the molecule is CCSC1CCCC(NC(=O)N(C)Cc2c(C)noc2C)C1. The van der Waals surface area contributed by atoms with Gasteiger partial charge in [0.05, 0.1) is 12.2 Å². The molecule has 0 bridgehead atoms. The summed E-state index contributed by atoms with van der Waals surface area (Å²) in [4.78, 5) is 14.1. The predicted molar refractivity (Wildman–Crippen MR) is 90.2 cm³/mol. The quantitative estimate of drug-likeness (QED) is 0.900. The zero-order valence-corrected chi connectivity index (χ0v) is 14.8. The van der Waals surface area contributed by atoms with Crippen molar-refractivity contribution in [2.24, 2.45) is 0 Å². The van der Waals surface area contributed by atoms with E-state index in [2.05, 4.69) is 17.4 Å². The maximum Gasteiger partial charge on any atom is 0.317 e. The summed E-state index contributed by atoms with van der Waals surface area (Å²) in [5.74, 6) is 1.94. The Hall–Kier alpha value is -1.17. The van der Waals surface area contributed by atoms with Crippen molar-refractivity contribution in [2.45, 2.75) is 64.3 Å². The molecule has 0 saturated heterocycles. The highest BCUT2D eigenvalue weighted by Crippen LogP contribution is 2.28. The summed E-state index contributed by atoms with van der Waals surface area (Å²) in [6.07, 6.45) is 4.66. The van der Waals surface area contributed by atoms with Crippen LogP contribution in [0, 0.1) is 13.8 Å². The predicted octanol–water partition coefficient (Wildman–Crippen LogP) is 3.50. The van der Waals surface area contributed by atoms with Crippen LogP contribution in [0.1, 0.15) is 49.6 Å². The van der Waals surface area contributed by atoms with Crippen molar-refractivity contribution in [1.82, 2.24) is 15.4 Å². The standard InChI is InChI=1S/C16H27N3O2S/c1-5-22-14-8-6-7-13(9-14)17-16(20)19(4)10-15-11(2)18-21-12(15)3/h13-14H,5-10H2,1-4H3,(H,17,20). The van der Waals surface area contributed by atoms with Gasteiger partial charge < -0.3 is 14.7 Å². The number of carbonyl (C=O) groups excluding carboxylic acids is 1. The number of hydrogen-bond donors (Lipinski definition) is 1. The number of nitrogens with one attached hydrogen (secondary N) is 1. The second-order valence-electron chi connectivity index (χ2n) is 6.05. The molecule has 1 aromatic heterocycles. The van der Waals surface area contributed by atoms with Crippen LogP contribution < -0.4 is 5.32 Å². The first-order valence-electron chi connectivity index (χ1n) is 8.06. The van der Waals surface area contributed by atoms with Gasteiger partial charge in [0, 0.05) is 23.9 Å². The lowest BCUT2D eigenvalue weighted by Gasteiger charge is -2.30. The van der Waals surface area contributed by atoms with Crippen LogP contribution in [0.2, 0.25) is 0 Å². The molecule has 124 valence electrons. The number of thioether (sulfide) groups is 1. The van der Waals surface area contributed by atoms with E-state index in [-0.39, 0.29) is 6.03 Å². The van der Waals surface area contributed by atoms with E-state index in [0.29, 0.717) is 17.8 Å². The van der Waals surface area contributed by atoms with Crippen LogP contribution >= 0.6 is 11.8 Å². The maximum atomic E-state index is 12.4. The molecule has 5 nitrogen and oxygen atoms in total. The van der Waals surface area contributed by atoms with Crippen LogP contribution in [0.3, 0.4) is 0 Å². The summed E-state index contributed by atoms with van der Waals surface area (Å²) < 4.78 is 5.16. The van der Waals surface area contributed by atoms with Crippen molar-refractivity contribution < 1.29 is 9.32 Å². The van der Waals surface area contributed by atoms with Gasteiger partial charge in [-0.15, -0.1) is 0 Å². The van der Waals surface area contributed by atoms with E-state index in [1.54, 1.807) is 4.90 Å². The summed E-state index contributed by atoms with van der Waals surface area (Å²) in [5.41, 5.74) is 1.86. The molecule has 0 aromatic carbocycles. The molecule has 1 heterocycles. The summed E-state index contributed by atoms with van der Waals surface area (Å²) in [6, 6.07) is 0.296. The van der Waals surface area contributed by atoms with Gasteiger partial charge in [-0.1, -0.05) is 18.5 Å². The Morgan fingerprint density at radius 1 is 1.45 bits per heavy atom. The zero-order valence-electron chi connectivity index (χ0n) is 14.0. The highest BCUT2D eigenvalue weighted by Gasteiger charge is 2.24. The Morgan fingerprint density at radius 2 is 2.23 bits per heavy atom. The van der Waals surface area contributed by atoms with Crippen molar-refractivity contribution in [1.29, 1.82) is 0 Å². The first kappa shape index (κ1) is 17.2. The minimum atomic E-state index is -0.00727. The number of amides is 2. The average molecular weight is 325 g/mol. The zero-order chi connectivity index (χ0) is 16.1. The molecule has 1 N–H and O–H groups in total. The Balaban J connectivity index is 1.86. The number of aromatic nitrogens is 1. The van der Waals surface area contributed by atoms with Crippen LogP contribution in [0.5, 0.6) is 0 Å². The Bertz CT molecular complexity index is 482. The van der Waals surface area contributed by atoms with Gasteiger partial charge in [-0.3, -0.25) is 0 Å². The van der Waals surface area contributed by atoms with Crippen LogP contribution in [-0.4, -0.2) is 40.2 Å². The molecule has 2 unspecified atom stereocenters. The van der Waals surface area contributed by atoms with Crippen molar-refractivity contribution >= 4 is 17.8 Å². The Labute approximate surface area is 137 Å². The minimum absolute atomic E-state index is 0.00727. The summed E-state index contributed by atoms with van der Waals surface area (Å²) >= 11 is 2.01. The molecule has 1 fully saturated rings. The average Bonchev–Trinajstić information content (AvgIpc) is 2.80. The van der Waals surface area contributed by atoms with E-state index in [9.17, 15) is 4.79 Å². The lowest BCUT2D eigenvalue weighted by Crippen LogP contribution is -2.45. The Morgan fingerprint density at radius 3 is 2.86 bits per heavy atom. The number of hydrogen-bond acceptors (Lipinski definition) is 4. The molecule has 0 spiro atoms. The second-order valence-corrected chi connectivity index (χ2v) is 7.63. The van der Waals surface area contributed by atoms with Gasteiger partial charge in [0.1, 0.15) is 5.76 Å². The van der Waals surface area contributed by atoms with E-state index < -0.39 is 0 Å².